The lowest BCUT2D eigenvalue weighted by molar-refractivity contribution is -0.359. The number of hydrogen-bond acceptors (Lipinski definition) is 13. The third-order valence-electron chi connectivity index (χ3n) is 16.5. The van der Waals surface area contributed by atoms with E-state index in [4.69, 9.17) is 18.9 Å². The number of ether oxygens (including phenoxy) is 4. The lowest BCUT2D eigenvalue weighted by atomic mass is 9.97. The van der Waals surface area contributed by atoms with E-state index in [1.165, 1.54) is 167 Å². The molecule has 0 aromatic carbocycles. The van der Waals surface area contributed by atoms with Crippen molar-refractivity contribution in [2.45, 2.75) is 344 Å². The van der Waals surface area contributed by atoms with Gasteiger partial charge in [0.15, 0.2) is 12.6 Å². The smallest absolute Gasteiger partial charge is 0.220 e. The van der Waals surface area contributed by atoms with Gasteiger partial charge in [0.05, 0.1) is 32.0 Å². The van der Waals surface area contributed by atoms with Gasteiger partial charge in [0.1, 0.15) is 48.8 Å². The number of nitrogens with one attached hydrogen (secondary N) is 1. The maximum Gasteiger partial charge on any atom is 0.220 e. The van der Waals surface area contributed by atoms with Crippen molar-refractivity contribution in [1.82, 2.24) is 5.32 Å². The zero-order valence-electron chi connectivity index (χ0n) is 54.0. The minimum atomic E-state index is -1.80. The molecule has 2 aliphatic rings. The maximum absolute atomic E-state index is 13.3. The Labute approximate surface area is 522 Å². The van der Waals surface area contributed by atoms with Crippen LogP contribution < -0.4 is 5.32 Å². The van der Waals surface area contributed by atoms with Crippen LogP contribution in [0.5, 0.6) is 0 Å². The van der Waals surface area contributed by atoms with E-state index in [0.717, 1.165) is 70.6 Å². The van der Waals surface area contributed by atoms with Gasteiger partial charge in [-0.2, -0.15) is 0 Å². The Bertz CT molecular complexity index is 1770. The van der Waals surface area contributed by atoms with Gasteiger partial charge in [-0.1, -0.05) is 266 Å². The summed E-state index contributed by atoms with van der Waals surface area (Å²) in [7, 11) is 0. The molecular weight excluding hydrogens is 1090 g/mol. The fourth-order valence-electron chi connectivity index (χ4n) is 11.0. The highest BCUT2D eigenvalue weighted by molar-refractivity contribution is 5.76. The first-order valence-electron chi connectivity index (χ1n) is 34.8. The summed E-state index contributed by atoms with van der Waals surface area (Å²) in [6.07, 6.45) is 60.6. The van der Waals surface area contributed by atoms with Crippen molar-refractivity contribution in [3.8, 4) is 0 Å². The van der Waals surface area contributed by atoms with Crippen molar-refractivity contribution in [3.63, 3.8) is 0 Å². The summed E-state index contributed by atoms with van der Waals surface area (Å²) in [4.78, 5) is 13.3. The van der Waals surface area contributed by atoms with Crippen LogP contribution in [0.4, 0.5) is 0 Å². The van der Waals surface area contributed by atoms with E-state index in [9.17, 15) is 45.6 Å². The zero-order valence-corrected chi connectivity index (χ0v) is 54.0. The second-order valence-electron chi connectivity index (χ2n) is 24.3. The third-order valence-corrected chi connectivity index (χ3v) is 16.5. The fraction of sp³-hybridized carbons (Fsp3) is 0.792. The minimum Gasteiger partial charge on any atom is -0.394 e. The van der Waals surface area contributed by atoms with E-state index in [0.29, 0.717) is 12.8 Å². The van der Waals surface area contributed by atoms with Crippen LogP contribution in [0.2, 0.25) is 0 Å². The normalized spacial score (nSPS) is 23.9. The molecule has 12 unspecified atom stereocenters. The van der Waals surface area contributed by atoms with Crippen LogP contribution in [0, 0.1) is 0 Å². The number of unbranched alkanes of at least 4 members (excludes halogenated alkanes) is 31. The molecule has 1 amide bonds. The molecule has 498 valence electrons. The quantitative estimate of drug-likeness (QED) is 0.0204. The van der Waals surface area contributed by atoms with Gasteiger partial charge in [-0.05, 0) is 83.5 Å². The Hall–Kier alpha value is -2.83. The molecule has 2 heterocycles. The molecule has 0 saturated carbocycles. The summed E-state index contributed by atoms with van der Waals surface area (Å²) >= 11 is 0. The van der Waals surface area contributed by atoms with E-state index in [2.05, 4.69) is 92.1 Å². The first kappa shape index (κ1) is 79.3. The maximum atomic E-state index is 13.3. The molecule has 2 rings (SSSR count). The molecule has 0 aromatic rings. The molecule has 12 atom stereocenters. The van der Waals surface area contributed by atoms with E-state index >= 15 is 0 Å². The lowest BCUT2D eigenvalue weighted by Gasteiger charge is -2.46. The molecular formula is C72H127NO13. The number of allylic oxidation sites excluding steroid dienone is 13. The van der Waals surface area contributed by atoms with E-state index in [-0.39, 0.29) is 18.9 Å². The standard InChI is InChI=1S/C72H127NO13/c1-3-5-7-9-11-13-15-17-19-21-23-25-27-28-29-30-31-32-34-36-38-40-42-44-46-48-50-52-54-56-64(77)73-60(59-83-71-69(82)67(80)70(63(58-75)85-71)86-72-68(81)66(79)65(78)62(57-74)84-72)61(76)55-53-51-49-47-45-43-41-39-37-35-33-26-24-22-20-18-16-14-12-10-8-6-4-2/h5,7,11,13,17,19,23,25,37,39,45,47,53,55,60-63,65-72,74-76,78-82H,3-4,6,8-10,12,14-16,18,20-22,24,26-36,38,40-44,46,48-52,54,56-59H2,1-2H3,(H,73,77)/b7-5-,13-11-,19-17-,25-23-,39-37+,47-45+,55-53+. The Kier molecular flexibility index (Phi) is 51.8. The third kappa shape index (κ3) is 40.0. The van der Waals surface area contributed by atoms with Gasteiger partial charge in [-0.25, -0.2) is 0 Å². The number of carbonyl (C=O) groups is 1. The van der Waals surface area contributed by atoms with Crippen molar-refractivity contribution in [1.29, 1.82) is 0 Å². The summed E-state index contributed by atoms with van der Waals surface area (Å²) in [5, 5.41) is 87.4. The van der Waals surface area contributed by atoms with Gasteiger partial charge in [0.25, 0.3) is 0 Å². The highest BCUT2D eigenvalue weighted by Gasteiger charge is 2.51. The van der Waals surface area contributed by atoms with Gasteiger partial charge < -0.3 is 65.1 Å². The number of carbonyl (C=O) groups excluding carboxylic acids is 1. The molecule has 14 heteroatoms. The SMILES string of the molecule is CC/C=C\C/C=C\C/C=C\C/C=C\CCCCCCCCCCCCCCCCCCC(=O)NC(COC1OC(CO)C(OC2OC(CO)C(O)C(O)C2O)C(O)C1O)C(O)/C=C/CC/C=C/CC/C=C/CCCCCCCCCCCCCCC. The molecule has 14 nitrogen and oxygen atoms in total. The average Bonchev–Trinajstić information content (AvgIpc) is 2.53. The second kappa shape index (κ2) is 56.2. The van der Waals surface area contributed by atoms with Crippen molar-refractivity contribution in [2.75, 3.05) is 19.8 Å². The number of rotatable bonds is 56. The monoisotopic (exact) mass is 1210 g/mol. The Balaban J connectivity index is 1.70. The first-order valence-corrected chi connectivity index (χ1v) is 34.8. The number of aliphatic hydroxyl groups excluding tert-OH is 8. The summed E-state index contributed by atoms with van der Waals surface area (Å²) in [5.41, 5.74) is 0. The molecule has 0 aliphatic carbocycles. The minimum absolute atomic E-state index is 0.253. The molecule has 0 radical (unpaired) electrons. The van der Waals surface area contributed by atoms with Gasteiger partial charge in [-0.15, -0.1) is 0 Å². The predicted molar refractivity (Wildman–Crippen MR) is 350 cm³/mol. The molecule has 86 heavy (non-hydrogen) atoms. The van der Waals surface area contributed by atoms with Crippen LogP contribution in [-0.4, -0.2) is 140 Å². The van der Waals surface area contributed by atoms with Crippen molar-refractivity contribution >= 4 is 5.91 Å². The topological polar surface area (TPSA) is 228 Å². The number of hydrogen-bond donors (Lipinski definition) is 9. The van der Waals surface area contributed by atoms with E-state index in [1.54, 1.807) is 6.08 Å². The van der Waals surface area contributed by atoms with Crippen LogP contribution in [0.25, 0.3) is 0 Å². The molecule has 0 bridgehead atoms. The second-order valence-corrected chi connectivity index (χ2v) is 24.3. The number of aliphatic hydroxyl groups is 8. The molecule has 2 aliphatic heterocycles. The average molecular weight is 1210 g/mol. The van der Waals surface area contributed by atoms with E-state index < -0.39 is 86.8 Å². The first-order chi connectivity index (χ1) is 42.1. The Morgan fingerprint density at radius 1 is 0.430 bits per heavy atom. The van der Waals surface area contributed by atoms with Gasteiger partial charge in [-0.3, -0.25) is 4.79 Å². The van der Waals surface area contributed by atoms with Crippen molar-refractivity contribution in [3.05, 3.63) is 85.1 Å². The van der Waals surface area contributed by atoms with Crippen LogP contribution in [0.15, 0.2) is 85.1 Å². The summed E-state index contributed by atoms with van der Waals surface area (Å²) < 4.78 is 22.8. The molecule has 0 aromatic heterocycles. The largest absolute Gasteiger partial charge is 0.394 e. The van der Waals surface area contributed by atoms with Crippen LogP contribution in [0.3, 0.4) is 0 Å². The highest BCUT2D eigenvalue weighted by Crippen LogP contribution is 2.30. The molecule has 2 saturated heterocycles. The van der Waals surface area contributed by atoms with E-state index in [1.807, 2.05) is 6.08 Å². The lowest BCUT2D eigenvalue weighted by Crippen LogP contribution is -2.65. The summed E-state index contributed by atoms with van der Waals surface area (Å²) in [6.45, 7) is 2.68. The fourth-order valence-corrected chi connectivity index (χ4v) is 11.0. The van der Waals surface area contributed by atoms with Crippen LogP contribution >= 0.6 is 0 Å². The Morgan fingerprint density at radius 3 is 1.28 bits per heavy atom. The van der Waals surface area contributed by atoms with Crippen LogP contribution in [0.1, 0.15) is 271 Å². The van der Waals surface area contributed by atoms with Crippen molar-refractivity contribution < 1.29 is 64.6 Å². The molecule has 9 N–H and O–H groups in total. The number of amides is 1. The highest BCUT2D eigenvalue weighted by atomic mass is 16.7. The Morgan fingerprint density at radius 2 is 0.814 bits per heavy atom. The van der Waals surface area contributed by atoms with Crippen LogP contribution in [-0.2, 0) is 23.7 Å². The molecule has 2 fully saturated rings. The van der Waals surface area contributed by atoms with Crippen molar-refractivity contribution in [2.24, 2.45) is 0 Å². The van der Waals surface area contributed by atoms with Gasteiger partial charge >= 0.3 is 0 Å². The summed E-state index contributed by atoms with van der Waals surface area (Å²) in [6, 6.07) is -0.943. The molecule has 0 spiro atoms. The van der Waals surface area contributed by atoms with Gasteiger partial charge in [0, 0.05) is 6.42 Å². The zero-order chi connectivity index (χ0) is 62.3. The predicted octanol–water partition coefficient (Wildman–Crippen LogP) is 14.0. The summed E-state index contributed by atoms with van der Waals surface area (Å²) in [5.74, 6) is -0.253. The van der Waals surface area contributed by atoms with Gasteiger partial charge in [0.2, 0.25) is 5.91 Å².